The minimum atomic E-state index is 0.767. The Labute approximate surface area is 123 Å². The fraction of sp³-hybridized carbons (Fsp3) is 0.400. The molecule has 0 amide bonds. The summed E-state index contributed by atoms with van der Waals surface area (Å²) in [6.45, 7) is 4.77. The average Bonchev–Trinajstić information content (AvgIpc) is 2.47. The molecule has 0 fully saturated rings. The maximum Gasteiger partial charge on any atom is -0.0253 e. The molecule has 0 aliphatic heterocycles. The maximum atomic E-state index is 2.39. The van der Waals surface area contributed by atoms with E-state index in [0.717, 1.165) is 11.8 Å². The summed E-state index contributed by atoms with van der Waals surface area (Å²) in [5, 5.41) is 0. The second-order valence-electron chi connectivity index (χ2n) is 6.16. The van der Waals surface area contributed by atoms with Gasteiger partial charge in [-0.2, -0.15) is 0 Å². The molecule has 0 nitrogen and oxygen atoms in total. The standard InChI is InChI=1S/C20H26/c1-17(13-14-19-9-5-3-6-10-19)15-18(2)16-20-11-7-4-8-12-20/h3-12,17-18H,13-16H2,1-2H3. The Morgan fingerprint density at radius 3 is 1.85 bits per heavy atom. The summed E-state index contributed by atoms with van der Waals surface area (Å²) in [6, 6.07) is 21.7. The lowest BCUT2D eigenvalue weighted by molar-refractivity contribution is 0.393. The molecule has 0 aliphatic rings. The van der Waals surface area contributed by atoms with E-state index in [1.165, 1.54) is 36.8 Å². The van der Waals surface area contributed by atoms with Crippen molar-refractivity contribution in [3.63, 3.8) is 0 Å². The van der Waals surface area contributed by atoms with Gasteiger partial charge in [0.1, 0.15) is 0 Å². The SMILES string of the molecule is CC(CCc1ccccc1)CC(C)Cc1ccccc1. The predicted molar refractivity (Wildman–Crippen MR) is 87.9 cm³/mol. The van der Waals surface area contributed by atoms with Gasteiger partial charge in [-0.1, -0.05) is 74.5 Å². The summed E-state index contributed by atoms with van der Waals surface area (Å²) in [6.07, 6.45) is 5.03. The fourth-order valence-corrected chi connectivity index (χ4v) is 2.96. The van der Waals surface area contributed by atoms with Crippen LogP contribution in [-0.4, -0.2) is 0 Å². The normalized spacial score (nSPS) is 13.9. The summed E-state index contributed by atoms with van der Waals surface area (Å²) in [5.74, 6) is 1.57. The van der Waals surface area contributed by atoms with E-state index in [-0.39, 0.29) is 0 Å². The molecule has 0 heterocycles. The van der Waals surface area contributed by atoms with Crippen LogP contribution in [0.1, 0.15) is 37.8 Å². The predicted octanol–water partition coefficient (Wildman–Crippen LogP) is 5.52. The van der Waals surface area contributed by atoms with Crippen LogP contribution in [0.2, 0.25) is 0 Å². The molecule has 0 radical (unpaired) electrons. The van der Waals surface area contributed by atoms with Crippen molar-refractivity contribution in [3.8, 4) is 0 Å². The van der Waals surface area contributed by atoms with Crippen LogP contribution in [0, 0.1) is 11.8 Å². The third-order valence-electron chi connectivity index (χ3n) is 4.00. The average molecular weight is 266 g/mol. The fourth-order valence-electron chi connectivity index (χ4n) is 2.96. The van der Waals surface area contributed by atoms with Gasteiger partial charge >= 0.3 is 0 Å². The highest BCUT2D eigenvalue weighted by molar-refractivity contribution is 5.15. The Morgan fingerprint density at radius 1 is 0.700 bits per heavy atom. The first kappa shape index (κ1) is 14.8. The van der Waals surface area contributed by atoms with E-state index in [1.807, 2.05) is 0 Å². The Morgan fingerprint density at radius 2 is 1.25 bits per heavy atom. The molecule has 106 valence electrons. The van der Waals surface area contributed by atoms with Gasteiger partial charge in [0.05, 0.1) is 0 Å². The molecule has 2 aromatic carbocycles. The highest BCUT2D eigenvalue weighted by Gasteiger charge is 2.09. The van der Waals surface area contributed by atoms with Crippen LogP contribution in [-0.2, 0) is 12.8 Å². The van der Waals surface area contributed by atoms with Gasteiger partial charge in [0.25, 0.3) is 0 Å². The van der Waals surface area contributed by atoms with Crippen LogP contribution in [0.15, 0.2) is 60.7 Å². The summed E-state index contributed by atoms with van der Waals surface area (Å²) in [7, 11) is 0. The first-order chi connectivity index (χ1) is 9.74. The van der Waals surface area contributed by atoms with E-state index < -0.39 is 0 Å². The number of aryl methyl sites for hydroxylation is 1. The van der Waals surface area contributed by atoms with Crippen LogP contribution >= 0.6 is 0 Å². The van der Waals surface area contributed by atoms with Crippen molar-refractivity contribution in [1.82, 2.24) is 0 Å². The van der Waals surface area contributed by atoms with Gasteiger partial charge in [-0.15, -0.1) is 0 Å². The van der Waals surface area contributed by atoms with E-state index in [2.05, 4.69) is 74.5 Å². The van der Waals surface area contributed by atoms with Gasteiger partial charge < -0.3 is 0 Å². The molecule has 20 heavy (non-hydrogen) atoms. The van der Waals surface area contributed by atoms with Gasteiger partial charge in [-0.3, -0.25) is 0 Å². The zero-order valence-corrected chi connectivity index (χ0v) is 12.8. The molecule has 2 atom stereocenters. The maximum absolute atomic E-state index is 2.39. The smallest absolute Gasteiger partial charge is 0.0253 e. The van der Waals surface area contributed by atoms with E-state index in [4.69, 9.17) is 0 Å². The molecule has 0 aliphatic carbocycles. The highest BCUT2D eigenvalue weighted by atomic mass is 14.1. The lowest BCUT2D eigenvalue weighted by Crippen LogP contribution is -2.07. The molecule has 0 N–H and O–H groups in total. The zero-order chi connectivity index (χ0) is 14.2. The quantitative estimate of drug-likeness (QED) is 0.618. The zero-order valence-electron chi connectivity index (χ0n) is 12.8. The topological polar surface area (TPSA) is 0 Å². The molecule has 0 aromatic heterocycles. The van der Waals surface area contributed by atoms with Gasteiger partial charge in [0.2, 0.25) is 0 Å². The molecule has 0 bridgehead atoms. The van der Waals surface area contributed by atoms with Gasteiger partial charge in [-0.05, 0) is 48.6 Å². The molecule has 0 heteroatoms. The first-order valence-electron chi connectivity index (χ1n) is 7.82. The number of hydrogen-bond acceptors (Lipinski definition) is 0. The van der Waals surface area contributed by atoms with Crippen molar-refractivity contribution >= 4 is 0 Å². The van der Waals surface area contributed by atoms with Crippen LogP contribution in [0.4, 0.5) is 0 Å². The van der Waals surface area contributed by atoms with E-state index in [1.54, 1.807) is 0 Å². The number of rotatable bonds is 7. The van der Waals surface area contributed by atoms with E-state index in [9.17, 15) is 0 Å². The van der Waals surface area contributed by atoms with Crippen LogP contribution in [0.5, 0.6) is 0 Å². The van der Waals surface area contributed by atoms with Gasteiger partial charge in [0, 0.05) is 0 Å². The first-order valence-corrected chi connectivity index (χ1v) is 7.82. The van der Waals surface area contributed by atoms with Gasteiger partial charge in [0.15, 0.2) is 0 Å². The summed E-state index contributed by atoms with van der Waals surface area (Å²) in [4.78, 5) is 0. The molecule has 0 spiro atoms. The Balaban J connectivity index is 1.72. The molecule has 2 rings (SSSR count). The van der Waals surface area contributed by atoms with Crippen molar-refractivity contribution in [2.45, 2.75) is 39.5 Å². The number of hydrogen-bond donors (Lipinski definition) is 0. The highest BCUT2D eigenvalue weighted by Crippen LogP contribution is 2.20. The van der Waals surface area contributed by atoms with Crippen molar-refractivity contribution in [1.29, 1.82) is 0 Å². The second kappa shape index (κ2) is 7.89. The number of benzene rings is 2. The molecule has 2 aromatic rings. The molecular formula is C20H26. The van der Waals surface area contributed by atoms with Crippen LogP contribution in [0.25, 0.3) is 0 Å². The summed E-state index contributed by atoms with van der Waals surface area (Å²) < 4.78 is 0. The third kappa shape index (κ3) is 5.21. The van der Waals surface area contributed by atoms with Crippen molar-refractivity contribution in [2.24, 2.45) is 11.8 Å². The lowest BCUT2D eigenvalue weighted by atomic mass is 9.88. The molecule has 0 saturated carbocycles. The third-order valence-corrected chi connectivity index (χ3v) is 4.00. The van der Waals surface area contributed by atoms with Crippen molar-refractivity contribution in [2.75, 3.05) is 0 Å². The molecule has 2 unspecified atom stereocenters. The molecule has 0 saturated heterocycles. The monoisotopic (exact) mass is 266 g/mol. The minimum absolute atomic E-state index is 0.767. The minimum Gasteiger partial charge on any atom is -0.0625 e. The van der Waals surface area contributed by atoms with Gasteiger partial charge in [-0.25, -0.2) is 0 Å². The molecular weight excluding hydrogens is 240 g/mol. The van der Waals surface area contributed by atoms with Crippen LogP contribution < -0.4 is 0 Å². The van der Waals surface area contributed by atoms with Crippen molar-refractivity contribution in [3.05, 3.63) is 71.8 Å². The summed E-state index contributed by atoms with van der Waals surface area (Å²) >= 11 is 0. The summed E-state index contributed by atoms with van der Waals surface area (Å²) in [5.41, 5.74) is 2.94. The van der Waals surface area contributed by atoms with E-state index in [0.29, 0.717) is 0 Å². The Bertz CT molecular complexity index is 472. The lowest BCUT2D eigenvalue weighted by Gasteiger charge is -2.17. The largest absolute Gasteiger partial charge is 0.0625 e. The Hall–Kier alpha value is -1.56. The van der Waals surface area contributed by atoms with Crippen molar-refractivity contribution < 1.29 is 0 Å². The van der Waals surface area contributed by atoms with Crippen LogP contribution in [0.3, 0.4) is 0 Å². The second-order valence-corrected chi connectivity index (χ2v) is 6.16. The Kier molecular flexibility index (Phi) is 5.86. The van der Waals surface area contributed by atoms with E-state index >= 15 is 0 Å².